The van der Waals surface area contributed by atoms with E-state index in [-0.39, 0.29) is 5.91 Å². The van der Waals surface area contributed by atoms with Crippen molar-refractivity contribution in [3.63, 3.8) is 0 Å². The van der Waals surface area contributed by atoms with Gasteiger partial charge in [-0.15, -0.1) is 0 Å². The van der Waals surface area contributed by atoms with Crippen LogP contribution in [0, 0.1) is 29.6 Å². The fourth-order valence-electron chi connectivity index (χ4n) is 5.43. The van der Waals surface area contributed by atoms with Crippen molar-refractivity contribution in [2.75, 3.05) is 13.1 Å². The first-order valence-corrected chi connectivity index (χ1v) is 8.88. The van der Waals surface area contributed by atoms with Gasteiger partial charge in [0, 0.05) is 6.54 Å². The van der Waals surface area contributed by atoms with E-state index in [9.17, 15) is 14.7 Å². The van der Waals surface area contributed by atoms with Crippen LogP contribution in [0.15, 0.2) is 23.8 Å². The average molecular weight is 331 g/mol. The van der Waals surface area contributed by atoms with Gasteiger partial charge in [-0.2, -0.15) is 0 Å². The van der Waals surface area contributed by atoms with Crippen molar-refractivity contribution in [3.8, 4) is 0 Å². The summed E-state index contributed by atoms with van der Waals surface area (Å²) in [6.07, 6.45) is 6.69. The van der Waals surface area contributed by atoms with Crippen LogP contribution < -0.4 is 0 Å². The lowest BCUT2D eigenvalue weighted by Gasteiger charge is -2.36. The van der Waals surface area contributed by atoms with Gasteiger partial charge in [0.1, 0.15) is 11.5 Å². The number of nitrogens with zero attached hydrogens (tertiary/aromatic N) is 1. The quantitative estimate of drug-likeness (QED) is 0.804. The fraction of sp³-hybridized carbons (Fsp3) is 0.684. The Hall–Kier alpha value is -1.62. The summed E-state index contributed by atoms with van der Waals surface area (Å²) in [7, 11) is 0. The van der Waals surface area contributed by atoms with Crippen LogP contribution in [0.4, 0.5) is 0 Å². The molecular formula is C19H25NO4. The second-order valence-electron chi connectivity index (χ2n) is 8.17. The minimum atomic E-state index is -0.926. The third kappa shape index (κ3) is 2.10. The first-order chi connectivity index (χ1) is 11.3. The predicted molar refractivity (Wildman–Crippen MR) is 88.1 cm³/mol. The van der Waals surface area contributed by atoms with E-state index in [1.807, 2.05) is 17.1 Å². The number of ether oxygens (including phenoxy) is 1. The number of allylic oxidation sites excluding steroid dienone is 2. The largest absolute Gasteiger partial charge is 0.481 e. The van der Waals surface area contributed by atoms with Crippen LogP contribution in [0.3, 0.4) is 0 Å². The number of carboxylic acids is 1. The van der Waals surface area contributed by atoms with Crippen molar-refractivity contribution in [1.82, 2.24) is 4.90 Å². The number of hydrogen-bond donors (Lipinski definition) is 1. The number of rotatable bonds is 3. The van der Waals surface area contributed by atoms with Crippen molar-refractivity contribution in [1.29, 1.82) is 0 Å². The zero-order valence-electron chi connectivity index (χ0n) is 14.4. The molecule has 0 unspecified atom stereocenters. The molecular weight excluding hydrogens is 306 g/mol. The molecule has 130 valence electrons. The third-order valence-electron chi connectivity index (χ3n) is 6.49. The molecule has 3 heterocycles. The maximum Gasteiger partial charge on any atom is 0.310 e. The molecule has 0 aromatic rings. The lowest BCUT2D eigenvalue weighted by Crippen LogP contribution is -2.41. The summed E-state index contributed by atoms with van der Waals surface area (Å²) >= 11 is 0. The highest BCUT2D eigenvalue weighted by Gasteiger charge is 2.67. The molecule has 4 rings (SSSR count). The Bertz CT molecular complexity index is 654. The Balaban J connectivity index is 1.56. The van der Waals surface area contributed by atoms with Crippen LogP contribution in [-0.2, 0) is 14.3 Å². The predicted octanol–water partition coefficient (Wildman–Crippen LogP) is 2.09. The van der Waals surface area contributed by atoms with Gasteiger partial charge in [-0.1, -0.05) is 37.6 Å². The topological polar surface area (TPSA) is 66.8 Å². The van der Waals surface area contributed by atoms with E-state index in [0.29, 0.717) is 30.8 Å². The van der Waals surface area contributed by atoms with E-state index in [0.717, 1.165) is 6.42 Å². The number of amides is 1. The summed E-state index contributed by atoms with van der Waals surface area (Å²) in [5.41, 5.74) is 0.711. The number of aliphatic carboxylic acids is 1. The summed E-state index contributed by atoms with van der Waals surface area (Å²) in [4.78, 5) is 26.5. The molecule has 2 bridgehead atoms. The summed E-state index contributed by atoms with van der Waals surface area (Å²) < 4.78 is 5.95. The minimum absolute atomic E-state index is 0.0417. The second kappa shape index (κ2) is 5.19. The summed E-state index contributed by atoms with van der Waals surface area (Å²) in [5, 5.41) is 9.53. The molecule has 0 aromatic carbocycles. The third-order valence-corrected chi connectivity index (χ3v) is 6.49. The fourth-order valence-corrected chi connectivity index (χ4v) is 5.43. The van der Waals surface area contributed by atoms with Gasteiger partial charge in [-0.05, 0) is 31.1 Å². The zero-order valence-corrected chi connectivity index (χ0v) is 14.4. The van der Waals surface area contributed by atoms with E-state index in [1.165, 1.54) is 5.57 Å². The lowest BCUT2D eigenvalue weighted by molar-refractivity contribution is -0.148. The summed E-state index contributed by atoms with van der Waals surface area (Å²) in [5.74, 6) is -0.893. The van der Waals surface area contributed by atoms with Crippen molar-refractivity contribution in [2.45, 2.75) is 38.9 Å². The summed E-state index contributed by atoms with van der Waals surface area (Å²) in [6, 6.07) is 0. The molecule has 7 atom stereocenters. The van der Waals surface area contributed by atoms with E-state index in [1.54, 1.807) is 0 Å². The van der Waals surface area contributed by atoms with Gasteiger partial charge in [-0.25, -0.2) is 0 Å². The lowest BCUT2D eigenvalue weighted by atomic mass is 9.75. The van der Waals surface area contributed by atoms with Crippen LogP contribution in [0.25, 0.3) is 0 Å². The Kier molecular flexibility index (Phi) is 3.43. The highest BCUT2D eigenvalue weighted by Crippen LogP contribution is 2.52. The monoisotopic (exact) mass is 331 g/mol. The molecule has 0 aromatic heterocycles. The van der Waals surface area contributed by atoms with Crippen molar-refractivity contribution in [2.24, 2.45) is 29.6 Å². The highest BCUT2D eigenvalue weighted by atomic mass is 16.5. The molecule has 0 saturated carbocycles. The van der Waals surface area contributed by atoms with Gasteiger partial charge in [0.25, 0.3) is 0 Å². The molecule has 2 saturated heterocycles. The highest BCUT2D eigenvalue weighted by molar-refractivity contribution is 5.90. The molecule has 5 heteroatoms. The van der Waals surface area contributed by atoms with Crippen molar-refractivity contribution in [3.05, 3.63) is 23.8 Å². The van der Waals surface area contributed by atoms with Gasteiger partial charge < -0.3 is 14.7 Å². The van der Waals surface area contributed by atoms with Gasteiger partial charge >= 0.3 is 5.97 Å². The van der Waals surface area contributed by atoms with Gasteiger partial charge in [0.2, 0.25) is 5.91 Å². The normalized spacial score (nSPS) is 46.4. The Morgan fingerprint density at radius 2 is 2.21 bits per heavy atom. The van der Waals surface area contributed by atoms with Gasteiger partial charge in [0.05, 0.1) is 18.6 Å². The van der Waals surface area contributed by atoms with E-state index in [2.05, 4.69) is 26.8 Å². The summed E-state index contributed by atoms with van der Waals surface area (Å²) in [6.45, 7) is 7.82. The number of likely N-dealkylation sites (tertiary alicyclic amines) is 1. The van der Waals surface area contributed by atoms with Crippen LogP contribution in [-0.4, -0.2) is 46.7 Å². The molecule has 3 aliphatic heterocycles. The van der Waals surface area contributed by atoms with E-state index in [4.69, 9.17) is 4.74 Å². The molecule has 24 heavy (non-hydrogen) atoms. The number of carbonyl (C=O) groups excluding carboxylic acids is 1. The van der Waals surface area contributed by atoms with E-state index < -0.39 is 29.5 Å². The standard InChI is InChI=1S/C19H25NO4/c1-10-6-11(2)13(12(3)7-10)8-20-9-19-5-4-14(24-19)15(18(22)23)16(19)17(20)21/h4-6,11-16H,7-9H2,1-3H3,(H,22,23)/t11-,12+,13-,14-,15+,16+,19-/m0/s1. The number of fused-ring (bicyclic) bond motifs is 1. The molecule has 1 amide bonds. The second-order valence-corrected chi connectivity index (χ2v) is 8.17. The van der Waals surface area contributed by atoms with Crippen LogP contribution in [0.1, 0.15) is 27.2 Å². The smallest absolute Gasteiger partial charge is 0.310 e. The number of hydrogen-bond acceptors (Lipinski definition) is 3. The molecule has 1 spiro atoms. The van der Waals surface area contributed by atoms with Gasteiger partial charge in [0.15, 0.2) is 0 Å². The molecule has 5 nitrogen and oxygen atoms in total. The average Bonchev–Trinajstić information content (AvgIpc) is 3.11. The Morgan fingerprint density at radius 3 is 2.88 bits per heavy atom. The van der Waals surface area contributed by atoms with Crippen LogP contribution in [0.5, 0.6) is 0 Å². The molecule has 4 aliphatic rings. The van der Waals surface area contributed by atoms with E-state index >= 15 is 0 Å². The Labute approximate surface area is 142 Å². The van der Waals surface area contributed by atoms with Crippen molar-refractivity contribution < 1.29 is 19.4 Å². The van der Waals surface area contributed by atoms with Crippen molar-refractivity contribution >= 4 is 11.9 Å². The maximum absolute atomic E-state index is 13.0. The SMILES string of the molecule is CC1=C[C@H](C)[C@H](CN2C[C@]34C=C[C@H](O3)[C@@H](C(=O)O)[C@@H]4C2=O)[C@H](C)C1. The van der Waals surface area contributed by atoms with Crippen LogP contribution >= 0.6 is 0 Å². The molecule has 0 radical (unpaired) electrons. The van der Waals surface area contributed by atoms with Gasteiger partial charge in [-0.3, -0.25) is 9.59 Å². The number of carboxylic acid groups (broad SMARTS) is 1. The maximum atomic E-state index is 13.0. The minimum Gasteiger partial charge on any atom is -0.481 e. The Morgan fingerprint density at radius 1 is 1.46 bits per heavy atom. The van der Waals surface area contributed by atoms with Crippen LogP contribution in [0.2, 0.25) is 0 Å². The zero-order chi connectivity index (χ0) is 17.2. The molecule has 1 N–H and O–H groups in total. The first-order valence-electron chi connectivity index (χ1n) is 8.88. The first kappa shape index (κ1) is 15.9. The molecule has 1 aliphatic carbocycles. The number of carbonyl (C=O) groups is 2. The molecule has 2 fully saturated rings.